The summed E-state index contributed by atoms with van der Waals surface area (Å²) in [5.41, 5.74) is 0.753. The van der Waals surface area contributed by atoms with E-state index in [1.54, 1.807) is 17.0 Å². The molecular formula is C18H18FN3O3. The number of likely N-dealkylation sites (tertiary alicyclic amines) is 1. The number of hydrogen-bond donors (Lipinski definition) is 2. The Kier molecular flexibility index (Phi) is 3.59. The van der Waals surface area contributed by atoms with Gasteiger partial charge in [-0.2, -0.15) is 5.10 Å². The zero-order valence-corrected chi connectivity index (χ0v) is 13.5. The summed E-state index contributed by atoms with van der Waals surface area (Å²) in [4.78, 5) is 26.4. The Morgan fingerprint density at radius 2 is 2.08 bits per heavy atom. The Labute approximate surface area is 143 Å². The molecule has 1 aliphatic heterocycles. The van der Waals surface area contributed by atoms with Crippen molar-refractivity contribution in [2.24, 2.45) is 11.3 Å². The zero-order valence-electron chi connectivity index (χ0n) is 13.5. The van der Waals surface area contributed by atoms with Crippen molar-refractivity contribution in [3.8, 4) is 11.3 Å². The molecule has 0 unspecified atom stereocenters. The highest BCUT2D eigenvalue weighted by molar-refractivity contribution is 6.00. The molecule has 2 fully saturated rings. The number of aromatic amines is 1. The fraction of sp³-hybridized carbons (Fsp3) is 0.389. The molecule has 2 heterocycles. The maximum atomic E-state index is 13.1. The van der Waals surface area contributed by atoms with Crippen LogP contribution in [0.25, 0.3) is 11.3 Å². The normalized spacial score (nSPS) is 25.2. The van der Waals surface area contributed by atoms with Crippen LogP contribution in [0.3, 0.4) is 0 Å². The number of carbonyl (C=O) groups is 2. The van der Waals surface area contributed by atoms with Gasteiger partial charge >= 0.3 is 5.97 Å². The van der Waals surface area contributed by atoms with Gasteiger partial charge in [-0.15, -0.1) is 0 Å². The summed E-state index contributed by atoms with van der Waals surface area (Å²) < 4.78 is 13.1. The van der Waals surface area contributed by atoms with Crippen molar-refractivity contribution in [2.75, 3.05) is 13.1 Å². The first-order valence-electron chi connectivity index (χ1n) is 8.33. The van der Waals surface area contributed by atoms with Crippen LogP contribution in [-0.4, -0.2) is 45.2 Å². The van der Waals surface area contributed by atoms with Crippen LogP contribution in [-0.2, 0) is 4.79 Å². The van der Waals surface area contributed by atoms with E-state index in [1.807, 2.05) is 0 Å². The van der Waals surface area contributed by atoms with Gasteiger partial charge in [-0.05, 0) is 43.0 Å². The fourth-order valence-electron chi connectivity index (χ4n) is 4.25. The molecule has 0 spiro atoms. The smallest absolute Gasteiger partial charge is 0.311 e. The minimum atomic E-state index is -0.810. The van der Waals surface area contributed by atoms with Gasteiger partial charge in [0.25, 0.3) is 5.91 Å². The van der Waals surface area contributed by atoms with E-state index in [9.17, 15) is 19.1 Å². The summed E-state index contributed by atoms with van der Waals surface area (Å²) in [6.45, 7) is 0.693. The molecule has 2 aliphatic rings. The van der Waals surface area contributed by atoms with Crippen molar-refractivity contribution >= 4 is 11.9 Å². The summed E-state index contributed by atoms with van der Waals surface area (Å²) in [7, 11) is 0. The van der Waals surface area contributed by atoms with Gasteiger partial charge in [0.15, 0.2) is 0 Å². The van der Waals surface area contributed by atoms with Crippen LogP contribution in [0.4, 0.5) is 4.39 Å². The molecule has 0 radical (unpaired) electrons. The van der Waals surface area contributed by atoms with Crippen LogP contribution < -0.4 is 0 Å². The molecule has 1 amide bonds. The second-order valence-electron chi connectivity index (χ2n) is 6.90. The van der Waals surface area contributed by atoms with Gasteiger partial charge in [-0.3, -0.25) is 14.7 Å². The van der Waals surface area contributed by atoms with E-state index in [0.717, 1.165) is 12.8 Å². The number of rotatable bonds is 3. The lowest BCUT2D eigenvalue weighted by atomic mass is 9.81. The number of nitrogens with zero attached hydrogens (tertiary/aromatic N) is 2. The lowest BCUT2D eigenvalue weighted by molar-refractivity contribution is -0.149. The maximum Gasteiger partial charge on any atom is 0.311 e. The minimum absolute atomic E-state index is 0.00937. The standard InChI is InChI=1S/C18H18FN3O3/c19-13-5-3-11(4-6-13)15-14(8-20-21-15)16(23)22-9-12-2-1-7-18(12,10-22)17(24)25/h3-6,8,12H,1-2,7,9-10H2,(H,20,21)(H,24,25)/t12-,18+/m0/s1. The van der Waals surface area contributed by atoms with Crippen LogP contribution in [0.1, 0.15) is 29.6 Å². The molecule has 2 aromatic rings. The van der Waals surface area contributed by atoms with Crippen LogP contribution in [0.5, 0.6) is 0 Å². The van der Waals surface area contributed by atoms with E-state index >= 15 is 0 Å². The number of fused-ring (bicyclic) bond motifs is 1. The number of amides is 1. The van der Waals surface area contributed by atoms with Gasteiger partial charge < -0.3 is 10.0 Å². The molecule has 2 atom stereocenters. The van der Waals surface area contributed by atoms with Gasteiger partial charge in [0.05, 0.1) is 22.9 Å². The van der Waals surface area contributed by atoms with Gasteiger partial charge in [0.2, 0.25) is 0 Å². The average molecular weight is 343 g/mol. The average Bonchev–Trinajstić information content (AvgIpc) is 3.28. The third-order valence-corrected chi connectivity index (χ3v) is 5.59. The SMILES string of the molecule is O=C(c1cn[nH]c1-c1ccc(F)cc1)N1C[C@@H]2CCC[C@@]2(C(=O)O)C1. The number of nitrogens with one attached hydrogen (secondary N) is 1. The molecule has 0 bridgehead atoms. The van der Waals surface area contributed by atoms with Gasteiger partial charge in [0, 0.05) is 18.7 Å². The molecule has 2 N–H and O–H groups in total. The number of aromatic nitrogens is 2. The lowest BCUT2D eigenvalue weighted by Crippen LogP contribution is -2.37. The molecule has 1 aliphatic carbocycles. The Bertz CT molecular complexity index is 832. The Hall–Kier alpha value is -2.70. The molecule has 1 saturated heterocycles. The number of aliphatic carboxylic acids is 1. The number of halogens is 1. The number of benzene rings is 1. The van der Waals surface area contributed by atoms with Crippen molar-refractivity contribution in [2.45, 2.75) is 19.3 Å². The van der Waals surface area contributed by atoms with Crippen molar-refractivity contribution in [1.82, 2.24) is 15.1 Å². The third kappa shape index (κ3) is 2.42. The maximum absolute atomic E-state index is 13.1. The second-order valence-corrected chi connectivity index (χ2v) is 6.90. The largest absolute Gasteiger partial charge is 0.481 e. The van der Waals surface area contributed by atoms with Crippen molar-refractivity contribution < 1.29 is 19.1 Å². The Morgan fingerprint density at radius 3 is 2.76 bits per heavy atom. The van der Waals surface area contributed by atoms with E-state index < -0.39 is 11.4 Å². The van der Waals surface area contributed by atoms with Crippen LogP contribution >= 0.6 is 0 Å². The molecule has 6 nitrogen and oxygen atoms in total. The molecule has 4 rings (SSSR count). The van der Waals surface area contributed by atoms with Crippen molar-refractivity contribution in [1.29, 1.82) is 0 Å². The van der Waals surface area contributed by atoms with Crippen LogP contribution in [0, 0.1) is 17.2 Å². The predicted octanol–water partition coefficient (Wildman–Crippen LogP) is 2.54. The van der Waals surface area contributed by atoms with Gasteiger partial charge in [-0.25, -0.2) is 4.39 Å². The highest BCUT2D eigenvalue weighted by Crippen LogP contribution is 2.49. The topological polar surface area (TPSA) is 86.3 Å². The summed E-state index contributed by atoms with van der Waals surface area (Å²) in [5, 5.41) is 16.4. The number of carboxylic acid groups (broad SMARTS) is 1. The van der Waals surface area contributed by atoms with Gasteiger partial charge in [0.1, 0.15) is 5.82 Å². The Balaban J connectivity index is 1.62. The highest BCUT2D eigenvalue weighted by Gasteiger charge is 2.56. The molecule has 1 aromatic carbocycles. The number of carbonyl (C=O) groups excluding carboxylic acids is 1. The molecule has 1 aromatic heterocycles. The Morgan fingerprint density at radius 1 is 1.32 bits per heavy atom. The summed E-state index contributed by atoms with van der Waals surface area (Å²) in [5.74, 6) is -1.39. The van der Waals surface area contributed by atoms with Crippen molar-refractivity contribution in [3.63, 3.8) is 0 Å². The monoisotopic (exact) mass is 343 g/mol. The van der Waals surface area contributed by atoms with E-state index in [1.165, 1.54) is 18.3 Å². The highest BCUT2D eigenvalue weighted by atomic mass is 19.1. The minimum Gasteiger partial charge on any atom is -0.481 e. The first-order valence-corrected chi connectivity index (χ1v) is 8.33. The third-order valence-electron chi connectivity index (χ3n) is 5.59. The van der Waals surface area contributed by atoms with E-state index in [4.69, 9.17) is 0 Å². The van der Waals surface area contributed by atoms with E-state index in [2.05, 4.69) is 10.2 Å². The second kappa shape index (κ2) is 5.68. The van der Waals surface area contributed by atoms with Crippen LogP contribution in [0.2, 0.25) is 0 Å². The van der Waals surface area contributed by atoms with Crippen molar-refractivity contribution in [3.05, 3.63) is 41.8 Å². The fourth-order valence-corrected chi connectivity index (χ4v) is 4.25. The molecular weight excluding hydrogens is 325 g/mol. The summed E-state index contributed by atoms with van der Waals surface area (Å²) in [6.07, 6.45) is 3.80. The van der Waals surface area contributed by atoms with E-state index in [-0.39, 0.29) is 24.2 Å². The molecule has 1 saturated carbocycles. The first kappa shape index (κ1) is 15.8. The van der Waals surface area contributed by atoms with Gasteiger partial charge in [-0.1, -0.05) is 6.42 Å². The number of H-pyrrole nitrogens is 1. The zero-order chi connectivity index (χ0) is 17.6. The molecule has 25 heavy (non-hydrogen) atoms. The number of hydrogen-bond acceptors (Lipinski definition) is 3. The quantitative estimate of drug-likeness (QED) is 0.897. The molecule has 7 heteroatoms. The summed E-state index contributed by atoms with van der Waals surface area (Å²) >= 11 is 0. The lowest BCUT2D eigenvalue weighted by Gasteiger charge is -2.23. The van der Waals surface area contributed by atoms with Crippen LogP contribution in [0.15, 0.2) is 30.5 Å². The first-order chi connectivity index (χ1) is 12.0. The molecule has 130 valence electrons. The van der Waals surface area contributed by atoms with E-state index in [0.29, 0.717) is 29.8 Å². The number of carboxylic acids is 1. The predicted molar refractivity (Wildman–Crippen MR) is 87.3 cm³/mol. The summed E-state index contributed by atoms with van der Waals surface area (Å²) in [6, 6.07) is 5.81.